The predicted octanol–water partition coefficient (Wildman–Crippen LogP) is 1.67. The van der Waals surface area contributed by atoms with Crippen molar-refractivity contribution in [3.05, 3.63) is 34.6 Å². The monoisotopic (exact) mass is 405 g/mol. The number of hydrogen-bond acceptors (Lipinski definition) is 4. The molecular formula is C21H33N4O2S+. The molecule has 1 aromatic carbocycles. The molecule has 2 aromatic rings. The van der Waals surface area contributed by atoms with Crippen LogP contribution in [0.3, 0.4) is 0 Å². The molecule has 0 radical (unpaired) electrons. The molecule has 7 heteroatoms. The highest BCUT2D eigenvalue weighted by molar-refractivity contribution is 7.99. The number of para-hydroxylation sites is 1. The second-order valence-electron chi connectivity index (χ2n) is 7.96. The van der Waals surface area contributed by atoms with E-state index in [0.717, 1.165) is 13.0 Å². The molecule has 0 aliphatic carbocycles. The first-order chi connectivity index (χ1) is 13.2. The zero-order valence-corrected chi connectivity index (χ0v) is 18.7. The summed E-state index contributed by atoms with van der Waals surface area (Å²) in [4.78, 5) is 33.7. The molecule has 6 nitrogen and oxygen atoms in total. The second-order valence-corrected chi connectivity index (χ2v) is 8.90. The first-order valence-corrected chi connectivity index (χ1v) is 10.9. The van der Waals surface area contributed by atoms with Gasteiger partial charge in [0.15, 0.2) is 5.16 Å². The van der Waals surface area contributed by atoms with Crippen LogP contribution in [0, 0.1) is 0 Å². The molecule has 0 aliphatic rings. The van der Waals surface area contributed by atoms with E-state index >= 15 is 0 Å². The van der Waals surface area contributed by atoms with Crippen molar-refractivity contribution in [2.45, 2.75) is 57.9 Å². The Morgan fingerprint density at radius 3 is 2.43 bits per heavy atom. The van der Waals surface area contributed by atoms with Crippen molar-refractivity contribution in [1.29, 1.82) is 0 Å². The molecule has 0 fully saturated rings. The third-order valence-electron chi connectivity index (χ3n) is 4.61. The SMILES string of the molecule is CC(C)N(C(=O)CSc1nc2ccccc2c(=O)n1CCC[NH+](C)C)C(C)C. The van der Waals surface area contributed by atoms with E-state index < -0.39 is 0 Å². The van der Waals surface area contributed by atoms with E-state index in [2.05, 4.69) is 14.1 Å². The van der Waals surface area contributed by atoms with Crippen LogP contribution in [0.2, 0.25) is 0 Å². The number of carbonyl (C=O) groups excluding carboxylic acids is 1. The minimum atomic E-state index is -0.0288. The van der Waals surface area contributed by atoms with Gasteiger partial charge >= 0.3 is 0 Å². The summed E-state index contributed by atoms with van der Waals surface area (Å²) in [5.74, 6) is 0.349. The fourth-order valence-electron chi connectivity index (χ4n) is 3.42. The highest BCUT2D eigenvalue weighted by atomic mass is 32.2. The molecule has 154 valence electrons. The molecule has 0 atom stereocenters. The molecule has 1 N–H and O–H groups in total. The fraction of sp³-hybridized carbons (Fsp3) is 0.571. The zero-order chi connectivity index (χ0) is 20.8. The maximum absolute atomic E-state index is 13.0. The molecule has 1 heterocycles. The number of carbonyl (C=O) groups is 1. The van der Waals surface area contributed by atoms with Crippen molar-refractivity contribution < 1.29 is 9.69 Å². The number of thioether (sulfide) groups is 1. The molecule has 0 unspecified atom stereocenters. The van der Waals surface area contributed by atoms with Crippen LogP contribution in [0.4, 0.5) is 0 Å². The van der Waals surface area contributed by atoms with Crippen LogP contribution in [0.15, 0.2) is 34.2 Å². The molecular weight excluding hydrogens is 372 g/mol. The first-order valence-electron chi connectivity index (χ1n) is 9.95. The van der Waals surface area contributed by atoms with Crippen LogP contribution in [-0.2, 0) is 11.3 Å². The number of rotatable bonds is 9. The number of quaternary nitrogens is 1. The Morgan fingerprint density at radius 1 is 1.18 bits per heavy atom. The summed E-state index contributed by atoms with van der Waals surface area (Å²) in [6.07, 6.45) is 0.883. The minimum Gasteiger partial charge on any atom is -0.340 e. The van der Waals surface area contributed by atoms with Gasteiger partial charge in [-0.05, 0) is 39.8 Å². The third-order valence-corrected chi connectivity index (χ3v) is 5.57. The summed E-state index contributed by atoms with van der Waals surface area (Å²) >= 11 is 1.36. The molecule has 2 rings (SSSR count). The maximum Gasteiger partial charge on any atom is 0.262 e. The van der Waals surface area contributed by atoms with Gasteiger partial charge < -0.3 is 9.80 Å². The quantitative estimate of drug-likeness (QED) is 0.509. The topological polar surface area (TPSA) is 59.6 Å². The summed E-state index contributed by atoms with van der Waals surface area (Å²) in [6.45, 7) is 9.67. The van der Waals surface area contributed by atoms with Gasteiger partial charge in [0.1, 0.15) is 0 Å². The lowest BCUT2D eigenvalue weighted by molar-refractivity contribution is -0.858. The van der Waals surface area contributed by atoms with E-state index in [9.17, 15) is 9.59 Å². The van der Waals surface area contributed by atoms with Crippen LogP contribution in [0.25, 0.3) is 10.9 Å². The Balaban J connectivity index is 2.30. The summed E-state index contributed by atoms with van der Waals surface area (Å²) in [5, 5.41) is 1.25. The predicted molar refractivity (Wildman–Crippen MR) is 116 cm³/mol. The summed E-state index contributed by atoms with van der Waals surface area (Å²) in [5.41, 5.74) is 0.653. The Kier molecular flexibility index (Phi) is 8.07. The standard InChI is InChI=1S/C21H32N4O2S/c1-15(2)25(16(3)4)19(26)14-28-21-22-18-11-8-7-10-17(18)20(27)24(21)13-9-12-23(5)6/h7-8,10-11,15-16H,9,12-14H2,1-6H3/p+1. The smallest absolute Gasteiger partial charge is 0.262 e. The first kappa shape index (κ1) is 22.4. The number of amides is 1. The highest BCUT2D eigenvalue weighted by Gasteiger charge is 2.21. The molecule has 0 aliphatic heterocycles. The van der Waals surface area contributed by atoms with Crippen LogP contribution in [0.5, 0.6) is 0 Å². The maximum atomic E-state index is 13.0. The van der Waals surface area contributed by atoms with Crippen LogP contribution < -0.4 is 10.5 Å². The van der Waals surface area contributed by atoms with Gasteiger partial charge in [-0.1, -0.05) is 23.9 Å². The van der Waals surface area contributed by atoms with E-state index in [0.29, 0.717) is 22.6 Å². The Labute approximate surface area is 171 Å². The molecule has 0 spiro atoms. The van der Waals surface area contributed by atoms with Crippen molar-refractivity contribution in [3.63, 3.8) is 0 Å². The average molecular weight is 406 g/mol. The van der Waals surface area contributed by atoms with Crippen molar-refractivity contribution in [3.8, 4) is 0 Å². The second kappa shape index (κ2) is 10.1. The third kappa shape index (κ3) is 5.58. The fourth-order valence-corrected chi connectivity index (χ4v) is 4.31. The summed E-state index contributed by atoms with van der Waals surface area (Å²) in [6, 6.07) is 7.70. The Hall–Kier alpha value is -1.86. The molecule has 28 heavy (non-hydrogen) atoms. The van der Waals surface area contributed by atoms with Crippen LogP contribution in [-0.4, -0.2) is 58.8 Å². The van der Waals surface area contributed by atoms with Crippen LogP contribution in [0.1, 0.15) is 34.1 Å². The van der Waals surface area contributed by atoms with Gasteiger partial charge in [0.2, 0.25) is 5.91 Å². The van der Waals surface area contributed by atoms with E-state index in [1.54, 1.807) is 4.57 Å². The lowest BCUT2D eigenvalue weighted by Gasteiger charge is -2.30. The molecule has 1 amide bonds. The van der Waals surface area contributed by atoms with Crippen molar-refractivity contribution in [2.75, 3.05) is 26.4 Å². The number of nitrogens with zero attached hydrogens (tertiary/aromatic N) is 3. The van der Waals surface area contributed by atoms with Crippen molar-refractivity contribution in [2.24, 2.45) is 0 Å². The molecule has 0 saturated heterocycles. The minimum absolute atomic E-state index is 0.0288. The average Bonchev–Trinajstić information content (AvgIpc) is 2.61. The van der Waals surface area contributed by atoms with Gasteiger partial charge in [-0.3, -0.25) is 14.2 Å². The van der Waals surface area contributed by atoms with Crippen molar-refractivity contribution >= 4 is 28.6 Å². The van der Waals surface area contributed by atoms with Crippen LogP contribution >= 0.6 is 11.8 Å². The van der Waals surface area contributed by atoms with Gasteiger partial charge in [0.25, 0.3) is 5.56 Å². The number of aromatic nitrogens is 2. The van der Waals surface area contributed by atoms with Gasteiger partial charge in [-0.2, -0.15) is 0 Å². The zero-order valence-electron chi connectivity index (χ0n) is 17.9. The molecule has 0 bridgehead atoms. The molecule has 0 saturated carbocycles. The van der Waals surface area contributed by atoms with Gasteiger partial charge in [-0.15, -0.1) is 0 Å². The number of benzene rings is 1. The summed E-state index contributed by atoms with van der Waals surface area (Å²) < 4.78 is 1.73. The molecule has 1 aromatic heterocycles. The largest absolute Gasteiger partial charge is 0.340 e. The van der Waals surface area contributed by atoms with E-state index in [1.165, 1.54) is 16.7 Å². The number of hydrogen-bond donors (Lipinski definition) is 1. The van der Waals surface area contributed by atoms with E-state index in [-0.39, 0.29) is 29.3 Å². The number of fused-ring (bicyclic) bond motifs is 1. The van der Waals surface area contributed by atoms with Gasteiger partial charge in [0.05, 0.1) is 37.3 Å². The van der Waals surface area contributed by atoms with Crippen molar-refractivity contribution in [1.82, 2.24) is 14.5 Å². The highest BCUT2D eigenvalue weighted by Crippen LogP contribution is 2.20. The Morgan fingerprint density at radius 2 is 1.82 bits per heavy atom. The lowest BCUT2D eigenvalue weighted by atomic mass is 10.2. The normalized spacial score (nSPS) is 11.8. The van der Waals surface area contributed by atoms with E-state index in [1.807, 2.05) is 56.9 Å². The summed E-state index contributed by atoms with van der Waals surface area (Å²) in [7, 11) is 4.20. The Bertz CT molecular complexity index is 853. The van der Waals surface area contributed by atoms with Gasteiger partial charge in [0, 0.05) is 25.0 Å². The van der Waals surface area contributed by atoms with E-state index in [4.69, 9.17) is 4.98 Å². The number of nitrogens with one attached hydrogen (secondary N) is 1. The van der Waals surface area contributed by atoms with Gasteiger partial charge in [-0.25, -0.2) is 4.98 Å². The lowest BCUT2D eigenvalue weighted by Crippen LogP contribution is -3.05.